The third kappa shape index (κ3) is 2.28. The van der Waals surface area contributed by atoms with Gasteiger partial charge in [-0.15, -0.1) is 0 Å². The van der Waals surface area contributed by atoms with E-state index in [2.05, 4.69) is 10.3 Å². The van der Waals surface area contributed by atoms with Crippen molar-refractivity contribution in [2.75, 3.05) is 13.2 Å². The number of carbonyl (C=O) groups is 1. The monoisotopic (exact) mass is 275 g/mol. The second kappa shape index (κ2) is 4.88. The molecular formula is C14H17N3O3. The van der Waals surface area contributed by atoms with Crippen molar-refractivity contribution >= 4 is 11.6 Å². The van der Waals surface area contributed by atoms with E-state index >= 15 is 0 Å². The Morgan fingerprint density at radius 2 is 2.50 bits per heavy atom. The molecule has 20 heavy (non-hydrogen) atoms. The van der Waals surface area contributed by atoms with Gasteiger partial charge in [0.05, 0.1) is 6.10 Å². The molecule has 0 aliphatic carbocycles. The van der Waals surface area contributed by atoms with Gasteiger partial charge < -0.3 is 19.6 Å². The zero-order valence-corrected chi connectivity index (χ0v) is 11.2. The molecular weight excluding hydrogens is 258 g/mol. The Hall–Kier alpha value is -1.92. The predicted octanol–water partition coefficient (Wildman–Crippen LogP) is 0.604. The van der Waals surface area contributed by atoms with Crippen molar-refractivity contribution in [2.45, 2.75) is 25.0 Å². The molecule has 0 aromatic carbocycles. The third-order valence-electron chi connectivity index (χ3n) is 3.81. The van der Waals surface area contributed by atoms with Gasteiger partial charge in [-0.05, 0) is 19.1 Å². The fourth-order valence-corrected chi connectivity index (χ4v) is 2.37. The lowest BCUT2D eigenvalue weighted by molar-refractivity contribution is -0.0252. The van der Waals surface area contributed by atoms with Crippen LogP contribution < -0.4 is 5.32 Å². The topological polar surface area (TPSA) is 75.9 Å². The van der Waals surface area contributed by atoms with Crippen LogP contribution in [0, 0.1) is 0 Å². The van der Waals surface area contributed by atoms with Crippen LogP contribution in [0.15, 0.2) is 30.6 Å². The van der Waals surface area contributed by atoms with Gasteiger partial charge in [0.15, 0.2) is 0 Å². The van der Waals surface area contributed by atoms with E-state index in [1.54, 1.807) is 10.6 Å². The molecule has 0 spiro atoms. The number of imidazole rings is 1. The van der Waals surface area contributed by atoms with Crippen LogP contribution in [0.4, 0.5) is 0 Å². The number of nitrogens with one attached hydrogen (secondary N) is 1. The molecule has 2 N–H and O–H groups in total. The van der Waals surface area contributed by atoms with Crippen LogP contribution in [0.25, 0.3) is 5.65 Å². The fourth-order valence-electron chi connectivity index (χ4n) is 2.37. The number of amides is 1. The Balaban J connectivity index is 1.70. The van der Waals surface area contributed by atoms with Crippen molar-refractivity contribution in [1.82, 2.24) is 14.7 Å². The summed E-state index contributed by atoms with van der Waals surface area (Å²) in [7, 11) is 0. The molecule has 2 aromatic rings. The second-order valence-corrected chi connectivity index (χ2v) is 5.14. The minimum Gasteiger partial charge on any atom is -0.385 e. The van der Waals surface area contributed by atoms with Crippen LogP contribution in [0.3, 0.4) is 0 Å². The quantitative estimate of drug-likeness (QED) is 0.860. The molecule has 1 aliphatic heterocycles. The zero-order valence-electron chi connectivity index (χ0n) is 11.2. The Kier molecular flexibility index (Phi) is 3.19. The van der Waals surface area contributed by atoms with E-state index in [0.29, 0.717) is 24.4 Å². The first-order chi connectivity index (χ1) is 9.58. The molecule has 1 saturated heterocycles. The Morgan fingerprint density at radius 3 is 3.20 bits per heavy atom. The van der Waals surface area contributed by atoms with Crippen molar-refractivity contribution < 1.29 is 14.6 Å². The summed E-state index contributed by atoms with van der Waals surface area (Å²) in [6.07, 6.45) is 3.76. The second-order valence-electron chi connectivity index (χ2n) is 5.14. The van der Waals surface area contributed by atoms with Crippen LogP contribution in [0.5, 0.6) is 0 Å². The molecule has 106 valence electrons. The molecule has 1 aliphatic rings. The summed E-state index contributed by atoms with van der Waals surface area (Å²) in [6.45, 7) is 2.49. The molecule has 3 rings (SSSR count). The van der Waals surface area contributed by atoms with E-state index in [0.717, 1.165) is 0 Å². The summed E-state index contributed by atoms with van der Waals surface area (Å²) < 4.78 is 7.12. The third-order valence-corrected chi connectivity index (χ3v) is 3.81. The van der Waals surface area contributed by atoms with Gasteiger partial charge in [0.2, 0.25) is 0 Å². The van der Waals surface area contributed by atoms with Crippen LogP contribution >= 0.6 is 0 Å². The minimum atomic E-state index is -0.991. The van der Waals surface area contributed by atoms with Crippen LogP contribution in [0.1, 0.15) is 23.8 Å². The van der Waals surface area contributed by atoms with Gasteiger partial charge in [-0.1, -0.05) is 6.07 Å². The van der Waals surface area contributed by atoms with Crippen LogP contribution in [0.2, 0.25) is 0 Å². The maximum atomic E-state index is 12.1. The van der Waals surface area contributed by atoms with E-state index in [-0.39, 0.29) is 18.6 Å². The van der Waals surface area contributed by atoms with Crippen molar-refractivity contribution in [2.24, 2.45) is 0 Å². The number of pyridine rings is 1. The van der Waals surface area contributed by atoms with Crippen molar-refractivity contribution in [3.63, 3.8) is 0 Å². The lowest BCUT2D eigenvalue weighted by atomic mass is 9.97. The number of fused-ring (bicyclic) bond motifs is 1. The Bertz CT molecular complexity index is 606. The predicted molar refractivity (Wildman–Crippen MR) is 72.5 cm³/mol. The number of aliphatic hydroxyl groups is 1. The van der Waals surface area contributed by atoms with Crippen LogP contribution in [-0.4, -0.2) is 45.3 Å². The van der Waals surface area contributed by atoms with E-state index < -0.39 is 5.60 Å². The number of rotatable bonds is 3. The summed E-state index contributed by atoms with van der Waals surface area (Å²) >= 11 is 0. The average molecular weight is 275 g/mol. The first-order valence-electron chi connectivity index (χ1n) is 6.64. The number of nitrogens with zero attached hydrogens (tertiary/aromatic N) is 2. The maximum Gasteiger partial charge on any atom is 0.271 e. The molecule has 6 nitrogen and oxygen atoms in total. The number of carbonyl (C=O) groups excluding carboxylic acids is 1. The van der Waals surface area contributed by atoms with E-state index in [1.807, 2.05) is 31.3 Å². The zero-order chi connectivity index (χ0) is 14.2. The molecule has 2 unspecified atom stereocenters. The maximum absolute atomic E-state index is 12.1. The first kappa shape index (κ1) is 13.1. The average Bonchev–Trinajstić information content (AvgIpc) is 3.01. The van der Waals surface area contributed by atoms with Gasteiger partial charge in [0.25, 0.3) is 5.91 Å². The van der Waals surface area contributed by atoms with Gasteiger partial charge in [-0.2, -0.15) is 0 Å². The highest BCUT2D eigenvalue weighted by Crippen LogP contribution is 2.24. The lowest BCUT2D eigenvalue weighted by Crippen LogP contribution is -2.47. The SMILES string of the molecule is CC1OCCC1(O)CNC(=O)c1cn2ccccc2n1. The van der Waals surface area contributed by atoms with Crippen LogP contribution in [-0.2, 0) is 4.74 Å². The number of ether oxygens (including phenoxy) is 1. The summed E-state index contributed by atoms with van der Waals surface area (Å²) in [6, 6.07) is 5.57. The molecule has 0 saturated carbocycles. The summed E-state index contributed by atoms with van der Waals surface area (Å²) in [5, 5.41) is 13.1. The van der Waals surface area contributed by atoms with E-state index in [1.165, 1.54) is 0 Å². The number of hydrogen-bond donors (Lipinski definition) is 2. The first-order valence-corrected chi connectivity index (χ1v) is 6.64. The molecule has 2 aromatic heterocycles. The molecule has 3 heterocycles. The largest absolute Gasteiger partial charge is 0.385 e. The minimum absolute atomic E-state index is 0.168. The number of hydrogen-bond acceptors (Lipinski definition) is 4. The van der Waals surface area contributed by atoms with Crippen molar-refractivity contribution in [3.8, 4) is 0 Å². The smallest absolute Gasteiger partial charge is 0.271 e. The highest BCUT2D eigenvalue weighted by atomic mass is 16.5. The molecule has 6 heteroatoms. The fraction of sp³-hybridized carbons (Fsp3) is 0.429. The Morgan fingerprint density at radius 1 is 1.65 bits per heavy atom. The summed E-state index contributed by atoms with van der Waals surface area (Å²) in [4.78, 5) is 16.3. The highest BCUT2D eigenvalue weighted by molar-refractivity contribution is 5.92. The highest BCUT2D eigenvalue weighted by Gasteiger charge is 2.39. The molecule has 0 radical (unpaired) electrons. The molecule has 1 amide bonds. The normalized spacial score (nSPS) is 26.0. The number of aromatic nitrogens is 2. The van der Waals surface area contributed by atoms with Crippen molar-refractivity contribution in [1.29, 1.82) is 0 Å². The van der Waals surface area contributed by atoms with Gasteiger partial charge >= 0.3 is 0 Å². The lowest BCUT2D eigenvalue weighted by Gasteiger charge is -2.25. The summed E-state index contributed by atoms with van der Waals surface area (Å²) in [5.74, 6) is -0.291. The van der Waals surface area contributed by atoms with Gasteiger partial charge in [-0.25, -0.2) is 4.98 Å². The van der Waals surface area contributed by atoms with Crippen molar-refractivity contribution in [3.05, 3.63) is 36.3 Å². The Labute approximate surface area is 116 Å². The van der Waals surface area contributed by atoms with Gasteiger partial charge in [0, 0.05) is 32.0 Å². The molecule has 0 bridgehead atoms. The van der Waals surface area contributed by atoms with Gasteiger partial charge in [-0.3, -0.25) is 4.79 Å². The molecule has 1 fully saturated rings. The van der Waals surface area contributed by atoms with Gasteiger partial charge in [0.1, 0.15) is 16.9 Å². The summed E-state index contributed by atoms with van der Waals surface area (Å²) in [5.41, 5.74) is 0.0646. The van der Waals surface area contributed by atoms with E-state index in [9.17, 15) is 9.90 Å². The standard InChI is InChI=1S/C14H17N3O3/c1-10-14(19,5-7-20-10)9-15-13(18)11-8-17-6-3-2-4-12(17)16-11/h2-4,6,8,10,19H,5,7,9H2,1H3,(H,15,18). The molecule has 2 atom stereocenters. The van der Waals surface area contributed by atoms with E-state index in [4.69, 9.17) is 4.74 Å².